The second kappa shape index (κ2) is 9.82. The molecule has 2 amide bonds. The number of benzene rings is 2. The maximum Gasteiger partial charge on any atom is 0.414 e. The Morgan fingerprint density at radius 1 is 1.06 bits per heavy atom. The van der Waals surface area contributed by atoms with Crippen molar-refractivity contribution in [2.75, 3.05) is 29.9 Å². The van der Waals surface area contributed by atoms with Gasteiger partial charge < -0.3 is 15.8 Å². The number of fused-ring (bicyclic) bond motifs is 1. The van der Waals surface area contributed by atoms with Crippen LogP contribution in [0.2, 0.25) is 0 Å². The Kier molecular flexibility index (Phi) is 6.49. The summed E-state index contributed by atoms with van der Waals surface area (Å²) in [5.74, 6) is 0.157. The molecule has 0 saturated heterocycles. The number of anilines is 2. The summed E-state index contributed by atoms with van der Waals surface area (Å²) in [5, 5.41) is 7.89. The molecule has 0 fully saturated rings. The lowest BCUT2D eigenvalue weighted by Gasteiger charge is -2.22. The molecule has 0 radical (unpaired) electrons. The number of amides is 2. The summed E-state index contributed by atoms with van der Waals surface area (Å²) >= 11 is 0. The number of nitrogens with one attached hydrogen (secondary N) is 1. The summed E-state index contributed by atoms with van der Waals surface area (Å²) in [6.45, 7) is 2.94. The predicted octanol–water partition coefficient (Wildman–Crippen LogP) is 3.57. The van der Waals surface area contributed by atoms with Crippen molar-refractivity contribution >= 4 is 29.2 Å². The molecule has 33 heavy (non-hydrogen) atoms. The van der Waals surface area contributed by atoms with Crippen LogP contribution >= 0.6 is 0 Å². The van der Waals surface area contributed by atoms with Crippen molar-refractivity contribution in [3.05, 3.63) is 78.5 Å². The normalized spacial score (nSPS) is 10.7. The molecule has 0 bridgehead atoms. The zero-order chi connectivity index (χ0) is 23.2. The molecular formula is C24H24N6O3. The smallest absolute Gasteiger partial charge is 0.414 e. The van der Waals surface area contributed by atoms with E-state index in [9.17, 15) is 9.59 Å². The highest BCUT2D eigenvalue weighted by Crippen LogP contribution is 2.21. The number of hydrogen-bond acceptors (Lipinski definition) is 6. The van der Waals surface area contributed by atoms with Crippen molar-refractivity contribution in [2.24, 2.45) is 5.73 Å². The van der Waals surface area contributed by atoms with Gasteiger partial charge in [-0.15, -0.1) is 5.10 Å². The minimum Gasteiger partial charge on any atom is -0.449 e. The van der Waals surface area contributed by atoms with Gasteiger partial charge in [0, 0.05) is 29.9 Å². The molecule has 2 aromatic heterocycles. The van der Waals surface area contributed by atoms with Crippen LogP contribution in [0.3, 0.4) is 0 Å². The van der Waals surface area contributed by atoms with Gasteiger partial charge in [-0.25, -0.2) is 14.3 Å². The average Bonchev–Trinajstić information content (AvgIpc) is 3.26. The number of para-hydroxylation sites is 1. The van der Waals surface area contributed by atoms with E-state index in [1.54, 1.807) is 34.7 Å². The minimum atomic E-state index is -0.475. The third-order valence-electron chi connectivity index (χ3n) is 5.03. The Hall–Kier alpha value is -4.40. The van der Waals surface area contributed by atoms with Gasteiger partial charge >= 0.3 is 6.09 Å². The number of carbonyl (C=O) groups is 2. The highest BCUT2D eigenvalue weighted by atomic mass is 16.6. The standard InChI is InChI=1S/C24H24N6O3/c1-2-33-24(32)29(19-6-4-3-5-7-19)15-14-26-21-12-13-22-27-16-20(30(22)28-21)17-8-10-18(11-9-17)23(25)31/h3-13,16H,2,14-15H2,1H3,(H2,25,31)(H,26,28). The van der Waals surface area contributed by atoms with E-state index in [4.69, 9.17) is 10.5 Å². The highest BCUT2D eigenvalue weighted by Gasteiger charge is 2.16. The van der Waals surface area contributed by atoms with Crippen LogP contribution in [0, 0.1) is 0 Å². The van der Waals surface area contributed by atoms with Gasteiger partial charge in [0.05, 0.1) is 18.5 Å². The molecule has 0 aliphatic carbocycles. The van der Waals surface area contributed by atoms with Crippen molar-refractivity contribution in [1.82, 2.24) is 14.6 Å². The molecule has 0 aliphatic rings. The van der Waals surface area contributed by atoms with Crippen LogP contribution in [0.5, 0.6) is 0 Å². The Balaban J connectivity index is 1.50. The van der Waals surface area contributed by atoms with Crippen LogP contribution < -0.4 is 16.0 Å². The largest absolute Gasteiger partial charge is 0.449 e. The lowest BCUT2D eigenvalue weighted by atomic mass is 10.1. The maximum absolute atomic E-state index is 12.4. The number of ether oxygens (including phenoxy) is 1. The first-order chi connectivity index (χ1) is 16.1. The molecule has 9 nitrogen and oxygen atoms in total. The molecular weight excluding hydrogens is 420 g/mol. The number of nitrogens with two attached hydrogens (primary N) is 1. The van der Waals surface area contributed by atoms with Gasteiger partial charge in [0.25, 0.3) is 0 Å². The Morgan fingerprint density at radius 3 is 2.52 bits per heavy atom. The SMILES string of the molecule is CCOC(=O)N(CCNc1ccc2ncc(-c3ccc(C(N)=O)cc3)n2n1)c1ccccc1. The van der Waals surface area contributed by atoms with Crippen molar-refractivity contribution < 1.29 is 14.3 Å². The van der Waals surface area contributed by atoms with Crippen LogP contribution in [-0.4, -0.2) is 46.3 Å². The average molecular weight is 444 g/mol. The first-order valence-corrected chi connectivity index (χ1v) is 10.5. The zero-order valence-corrected chi connectivity index (χ0v) is 18.1. The minimum absolute atomic E-state index is 0.303. The second-order valence-corrected chi connectivity index (χ2v) is 7.19. The molecule has 2 heterocycles. The monoisotopic (exact) mass is 444 g/mol. The molecule has 0 atom stereocenters. The molecule has 0 saturated carbocycles. The first-order valence-electron chi connectivity index (χ1n) is 10.5. The third-order valence-corrected chi connectivity index (χ3v) is 5.03. The van der Waals surface area contributed by atoms with Gasteiger partial charge in [-0.1, -0.05) is 30.3 Å². The lowest BCUT2D eigenvalue weighted by molar-refractivity contribution is 0.1000. The molecule has 0 unspecified atom stereocenters. The molecule has 4 rings (SSSR count). The fraction of sp³-hybridized carbons (Fsp3) is 0.167. The summed E-state index contributed by atoms with van der Waals surface area (Å²) in [4.78, 5) is 29.7. The molecule has 0 spiro atoms. The molecule has 0 aliphatic heterocycles. The Morgan fingerprint density at radius 2 is 1.82 bits per heavy atom. The van der Waals surface area contributed by atoms with E-state index in [1.807, 2.05) is 54.6 Å². The summed E-state index contributed by atoms with van der Waals surface area (Å²) in [5.41, 5.74) is 8.85. The molecule has 3 N–H and O–H groups in total. The van der Waals surface area contributed by atoms with Crippen molar-refractivity contribution in [1.29, 1.82) is 0 Å². The van der Waals surface area contributed by atoms with Crippen molar-refractivity contribution in [2.45, 2.75) is 6.92 Å². The van der Waals surface area contributed by atoms with Gasteiger partial charge in [0.2, 0.25) is 5.91 Å². The summed E-state index contributed by atoms with van der Waals surface area (Å²) in [6, 6.07) is 20.0. The number of hydrogen-bond donors (Lipinski definition) is 2. The fourth-order valence-corrected chi connectivity index (χ4v) is 3.40. The van der Waals surface area contributed by atoms with Crippen LogP contribution in [0.25, 0.3) is 16.9 Å². The van der Waals surface area contributed by atoms with Crippen LogP contribution in [0.1, 0.15) is 17.3 Å². The van der Waals surface area contributed by atoms with Gasteiger partial charge in [-0.3, -0.25) is 9.69 Å². The number of carbonyl (C=O) groups excluding carboxylic acids is 2. The second-order valence-electron chi connectivity index (χ2n) is 7.19. The summed E-state index contributed by atoms with van der Waals surface area (Å²) < 4.78 is 6.92. The van der Waals surface area contributed by atoms with Gasteiger partial charge in [-0.2, -0.15) is 0 Å². The number of rotatable bonds is 8. The van der Waals surface area contributed by atoms with E-state index in [0.717, 1.165) is 16.9 Å². The highest BCUT2D eigenvalue weighted by molar-refractivity contribution is 5.93. The van der Waals surface area contributed by atoms with Gasteiger partial charge in [-0.05, 0) is 43.3 Å². The molecule has 2 aromatic carbocycles. The van der Waals surface area contributed by atoms with Crippen molar-refractivity contribution in [3.63, 3.8) is 0 Å². The first kappa shape index (κ1) is 21.8. The van der Waals surface area contributed by atoms with Crippen LogP contribution in [0.15, 0.2) is 72.9 Å². The quantitative estimate of drug-likeness (QED) is 0.429. The van der Waals surface area contributed by atoms with Crippen LogP contribution in [0.4, 0.5) is 16.3 Å². The molecule has 4 aromatic rings. The third kappa shape index (κ3) is 4.93. The number of nitrogens with zero attached hydrogens (tertiary/aromatic N) is 4. The van der Waals surface area contributed by atoms with E-state index in [0.29, 0.717) is 36.7 Å². The van der Waals surface area contributed by atoms with E-state index in [-0.39, 0.29) is 0 Å². The molecule has 9 heteroatoms. The summed E-state index contributed by atoms with van der Waals surface area (Å²) in [7, 11) is 0. The Labute approximate surface area is 190 Å². The van der Waals surface area contributed by atoms with Gasteiger partial charge in [0.1, 0.15) is 5.82 Å². The predicted molar refractivity (Wildman–Crippen MR) is 126 cm³/mol. The maximum atomic E-state index is 12.4. The number of aromatic nitrogens is 3. The topological polar surface area (TPSA) is 115 Å². The Bertz CT molecular complexity index is 1250. The lowest BCUT2D eigenvalue weighted by Crippen LogP contribution is -2.35. The van der Waals surface area contributed by atoms with E-state index < -0.39 is 12.0 Å². The summed E-state index contributed by atoms with van der Waals surface area (Å²) in [6.07, 6.45) is 1.33. The number of primary amides is 1. The van der Waals surface area contributed by atoms with E-state index >= 15 is 0 Å². The number of imidazole rings is 1. The van der Waals surface area contributed by atoms with E-state index in [2.05, 4.69) is 15.4 Å². The fourth-order valence-electron chi connectivity index (χ4n) is 3.40. The van der Waals surface area contributed by atoms with Gasteiger partial charge in [0.15, 0.2) is 5.65 Å². The molecule has 168 valence electrons. The van der Waals surface area contributed by atoms with E-state index in [1.165, 1.54) is 0 Å². The van der Waals surface area contributed by atoms with Crippen molar-refractivity contribution in [3.8, 4) is 11.3 Å². The zero-order valence-electron chi connectivity index (χ0n) is 18.1. The van der Waals surface area contributed by atoms with Crippen LogP contribution in [-0.2, 0) is 4.74 Å².